The lowest BCUT2D eigenvalue weighted by molar-refractivity contribution is 0.301. The molecule has 1 aromatic carbocycles. The Balaban J connectivity index is 1.81. The van der Waals surface area contributed by atoms with E-state index in [9.17, 15) is 4.79 Å². The van der Waals surface area contributed by atoms with Gasteiger partial charge >= 0.3 is 0 Å². The monoisotopic (exact) mass is 273 g/mol. The average Bonchev–Trinajstić information content (AvgIpc) is 2.87. The number of hydrogen-bond acceptors (Lipinski definition) is 5. The highest BCUT2D eigenvalue weighted by Gasteiger charge is 2.04. The molecule has 0 bridgehead atoms. The zero-order valence-corrected chi connectivity index (χ0v) is 10.8. The SMILES string of the molecule is Nc1ccc(OCc2cc(=O)n3ccsc3n2)cc1. The van der Waals surface area contributed by atoms with E-state index < -0.39 is 0 Å². The van der Waals surface area contributed by atoms with Gasteiger partial charge in [0.25, 0.3) is 5.56 Å². The Hall–Kier alpha value is -2.34. The van der Waals surface area contributed by atoms with Crippen molar-refractivity contribution in [1.82, 2.24) is 9.38 Å². The minimum absolute atomic E-state index is 0.0952. The van der Waals surface area contributed by atoms with Crippen LogP contribution in [0.3, 0.4) is 0 Å². The van der Waals surface area contributed by atoms with Gasteiger partial charge in [-0.3, -0.25) is 9.20 Å². The minimum Gasteiger partial charge on any atom is -0.487 e. The molecule has 0 saturated carbocycles. The molecule has 0 saturated heterocycles. The lowest BCUT2D eigenvalue weighted by Gasteiger charge is -2.05. The first-order chi connectivity index (χ1) is 9.22. The van der Waals surface area contributed by atoms with Gasteiger partial charge < -0.3 is 10.5 Å². The van der Waals surface area contributed by atoms with Crippen LogP contribution < -0.4 is 16.0 Å². The second-order valence-corrected chi connectivity index (χ2v) is 4.87. The molecular formula is C13H11N3O2S. The number of aromatic nitrogens is 2. The summed E-state index contributed by atoms with van der Waals surface area (Å²) in [4.78, 5) is 16.8. The molecule has 0 fully saturated rings. The van der Waals surface area contributed by atoms with Crippen LogP contribution in [-0.2, 0) is 6.61 Å². The summed E-state index contributed by atoms with van der Waals surface area (Å²) in [7, 11) is 0. The third-order valence-electron chi connectivity index (χ3n) is 2.62. The van der Waals surface area contributed by atoms with Crippen LogP contribution in [-0.4, -0.2) is 9.38 Å². The smallest absolute Gasteiger partial charge is 0.258 e. The number of nitrogen functional groups attached to an aromatic ring is 1. The predicted octanol–water partition coefficient (Wildman–Crippen LogP) is 1.92. The molecule has 0 unspecified atom stereocenters. The molecule has 96 valence electrons. The van der Waals surface area contributed by atoms with Gasteiger partial charge in [-0.25, -0.2) is 4.98 Å². The van der Waals surface area contributed by atoms with Crippen molar-refractivity contribution in [2.24, 2.45) is 0 Å². The number of fused-ring (bicyclic) bond motifs is 1. The van der Waals surface area contributed by atoms with Gasteiger partial charge in [-0.1, -0.05) is 0 Å². The standard InChI is InChI=1S/C13H11N3O2S/c14-9-1-3-11(4-2-9)18-8-10-7-12(17)16-5-6-19-13(16)15-10/h1-7H,8,14H2. The summed E-state index contributed by atoms with van der Waals surface area (Å²) in [5, 5.41) is 1.83. The Kier molecular flexibility index (Phi) is 2.92. The summed E-state index contributed by atoms with van der Waals surface area (Å²) in [5.41, 5.74) is 6.80. The van der Waals surface area contributed by atoms with Crippen LogP contribution in [0.4, 0.5) is 5.69 Å². The van der Waals surface area contributed by atoms with Crippen LogP contribution in [0.1, 0.15) is 5.69 Å². The maximum Gasteiger partial charge on any atom is 0.258 e. The first kappa shape index (κ1) is 11.7. The molecule has 0 amide bonds. The highest BCUT2D eigenvalue weighted by molar-refractivity contribution is 7.15. The van der Waals surface area contributed by atoms with E-state index in [0.717, 1.165) is 0 Å². The molecule has 2 N–H and O–H groups in total. The van der Waals surface area contributed by atoms with Crippen LogP contribution >= 0.6 is 11.3 Å². The van der Waals surface area contributed by atoms with E-state index in [-0.39, 0.29) is 12.2 Å². The first-order valence-corrected chi connectivity index (χ1v) is 6.54. The van der Waals surface area contributed by atoms with E-state index in [1.165, 1.54) is 21.8 Å². The number of thiazole rings is 1. The molecule has 6 heteroatoms. The average molecular weight is 273 g/mol. The highest BCUT2D eigenvalue weighted by Crippen LogP contribution is 2.14. The quantitative estimate of drug-likeness (QED) is 0.740. The summed E-state index contributed by atoms with van der Waals surface area (Å²) in [5.74, 6) is 0.697. The van der Waals surface area contributed by atoms with Crippen molar-refractivity contribution in [3.05, 3.63) is 58.0 Å². The molecule has 2 aromatic heterocycles. The van der Waals surface area contributed by atoms with Crippen molar-refractivity contribution in [3.63, 3.8) is 0 Å². The Labute approximate surface area is 112 Å². The van der Waals surface area contributed by atoms with E-state index >= 15 is 0 Å². The largest absolute Gasteiger partial charge is 0.487 e. The second-order valence-electron chi connectivity index (χ2n) is 4.00. The molecule has 0 aliphatic rings. The number of nitrogens with zero attached hydrogens (tertiary/aromatic N) is 2. The van der Waals surface area contributed by atoms with Crippen molar-refractivity contribution in [3.8, 4) is 5.75 Å². The summed E-state index contributed by atoms with van der Waals surface area (Å²) < 4.78 is 7.08. The molecule has 0 aliphatic carbocycles. The van der Waals surface area contributed by atoms with Crippen molar-refractivity contribution >= 4 is 22.0 Å². The highest BCUT2D eigenvalue weighted by atomic mass is 32.1. The zero-order chi connectivity index (χ0) is 13.2. The number of hydrogen-bond donors (Lipinski definition) is 1. The molecule has 5 nitrogen and oxygen atoms in total. The molecule has 2 heterocycles. The van der Waals surface area contributed by atoms with Crippen LogP contribution in [0.5, 0.6) is 5.75 Å². The molecule has 3 rings (SSSR count). The van der Waals surface area contributed by atoms with Crippen LogP contribution in [0, 0.1) is 0 Å². The maximum atomic E-state index is 11.8. The third-order valence-corrected chi connectivity index (χ3v) is 3.38. The van der Waals surface area contributed by atoms with E-state index in [2.05, 4.69) is 4.98 Å². The Morgan fingerprint density at radius 3 is 2.89 bits per heavy atom. The Bertz CT molecular complexity index is 761. The van der Waals surface area contributed by atoms with E-state index in [0.29, 0.717) is 22.1 Å². The molecule has 0 atom stereocenters. The van der Waals surface area contributed by atoms with Gasteiger partial charge in [0.2, 0.25) is 0 Å². The Morgan fingerprint density at radius 2 is 2.11 bits per heavy atom. The lowest BCUT2D eigenvalue weighted by Crippen LogP contribution is -2.14. The lowest BCUT2D eigenvalue weighted by atomic mass is 10.3. The maximum absolute atomic E-state index is 11.8. The summed E-state index contributed by atoms with van der Waals surface area (Å²) >= 11 is 1.42. The van der Waals surface area contributed by atoms with Crippen LogP contribution in [0.15, 0.2) is 46.7 Å². The molecule has 19 heavy (non-hydrogen) atoms. The first-order valence-electron chi connectivity index (χ1n) is 5.66. The fraction of sp³-hybridized carbons (Fsp3) is 0.0769. The fourth-order valence-corrected chi connectivity index (χ4v) is 2.42. The normalized spacial score (nSPS) is 10.7. The van der Waals surface area contributed by atoms with Crippen LogP contribution in [0.2, 0.25) is 0 Å². The Morgan fingerprint density at radius 1 is 1.32 bits per heavy atom. The van der Waals surface area contributed by atoms with Gasteiger partial charge in [0.05, 0.1) is 5.69 Å². The van der Waals surface area contributed by atoms with Crippen LogP contribution in [0.25, 0.3) is 4.96 Å². The second kappa shape index (κ2) is 4.74. The number of ether oxygens (including phenoxy) is 1. The zero-order valence-electron chi connectivity index (χ0n) is 9.95. The van der Waals surface area contributed by atoms with Crippen molar-refractivity contribution < 1.29 is 4.74 Å². The molecule has 0 aliphatic heterocycles. The molecule has 0 radical (unpaired) electrons. The number of anilines is 1. The summed E-state index contributed by atoms with van der Waals surface area (Å²) in [6.07, 6.45) is 1.71. The van der Waals surface area contributed by atoms with Gasteiger partial charge in [0, 0.05) is 23.3 Å². The third kappa shape index (κ3) is 2.43. The van der Waals surface area contributed by atoms with Gasteiger partial charge in [-0.05, 0) is 24.3 Å². The van der Waals surface area contributed by atoms with Gasteiger partial charge in [0.1, 0.15) is 12.4 Å². The summed E-state index contributed by atoms with van der Waals surface area (Å²) in [6, 6.07) is 8.58. The van der Waals surface area contributed by atoms with Crippen molar-refractivity contribution in [2.45, 2.75) is 6.61 Å². The predicted molar refractivity (Wildman–Crippen MR) is 74.5 cm³/mol. The fourth-order valence-electron chi connectivity index (χ4n) is 1.68. The molecule has 3 aromatic rings. The van der Waals surface area contributed by atoms with Gasteiger partial charge in [-0.15, -0.1) is 11.3 Å². The summed E-state index contributed by atoms with van der Waals surface area (Å²) in [6.45, 7) is 0.257. The van der Waals surface area contributed by atoms with Crippen molar-refractivity contribution in [1.29, 1.82) is 0 Å². The number of rotatable bonds is 3. The van der Waals surface area contributed by atoms with E-state index in [1.807, 2.05) is 5.38 Å². The molecular weight excluding hydrogens is 262 g/mol. The topological polar surface area (TPSA) is 69.6 Å². The van der Waals surface area contributed by atoms with Gasteiger partial charge in [-0.2, -0.15) is 0 Å². The number of nitrogens with two attached hydrogens (primary N) is 1. The molecule has 0 spiro atoms. The van der Waals surface area contributed by atoms with E-state index in [4.69, 9.17) is 10.5 Å². The van der Waals surface area contributed by atoms with E-state index in [1.54, 1.807) is 30.5 Å². The number of benzene rings is 1. The van der Waals surface area contributed by atoms with Gasteiger partial charge in [0.15, 0.2) is 4.96 Å². The minimum atomic E-state index is -0.0952. The van der Waals surface area contributed by atoms with Crippen molar-refractivity contribution in [2.75, 3.05) is 5.73 Å².